The fourth-order valence-corrected chi connectivity index (χ4v) is 1.52. The number of nitrogens with two attached hydrogens (primary N) is 1. The number of carbonyl (C=O) groups is 1. The maximum atomic E-state index is 12.9. The lowest BCUT2D eigenvalue weighted by Crippen LogP contribution is -2.25. The largest absolute Gasteiger partial charge is 0.573 e. The summed E-state index contributed by atoms with van der Waals surface area (Å²) in [4.78, 5) is 14.6. The Kier molecular flexibility index (Phi) is 5.22. The SMILES string of the molecule is CCOC(=O)c1c(C(F)(F)F)ncc(CN)c1OC(F)(F)F. The second kappa shape index (κ2) is 6.38. The van der Waals surface area contributed by atoms with Crippen LogP contribution in [-0.2, 0) is 17.5 Å². The highest BCUT2D eigenvalue weighted by molar-refractivity contribution is 5.94. The van der Waals surface area contributed by atoms with Gasteiger partial charge < -0.3 is 15.2 Å². The highest BCUT2D eigenvalue weighted by Crippen LogP contribution is 2.38. The van der Waals surface area contributed by atoms with Gasteiger partial charge in [0.25, 0.3) is 0 Å². The minimum atomic E-state index is -5.32. The first kappa shape index (κ1) is 18.0. The zero-order valence-electron chi connectivity index (χ0n) is 11.0. The third kappa shape index (κ3) is 4.23. The highest BCUT2D eigenvalue weighted by Gasteiger charge is 2.43. The summed E-state index contributed by atoms with van der Waals surface area (Å²) in [6.45, 7) is 0.299. The Balaban J connectivity index is 3.63. The van der Waals surface area contributed by atoms with Crippen LogP contribution in [0.3, 0.4) is 0 Å². The number of aromatic nitrogens is 1. The molecule has 1 heterocycles. The van der Waals surface area contributed by atoms with Crippen molar-refractivity contribution in [3.63, 3.8) is 0 Å². The van der Waals surface area contributed by atoms with Crippen LogP contribution >= 0.6 is 0 Å². The Morgan fingerprint density at radius 3 is 2.27 bits per heavy atom. The summed E-state index contributed by atoms with van der Waals surface area (Å²) in [6, 6.07) is 0. The van der Waals surface area contributed by atoms with Crippen molar-refractivity contribution in [3.05, 3.63) is 23.0 Å². The van der Waals surface area contributed by atoms with E-state index in [9.17, 15) is 31.1 Å². The third-order valence-corrected chi connectivity index (χ3v) is 2.29. The normalized spacial score (nSPS) is 12.2. The van der Waals surface area contributed by atoms with E-state index in [0.717, 1.165) is 0 Å². The lowest BCUT2D eigenvalue weighted by molar-refractivity contribution is -0.275. The number of hydrogen-bond donors (Lipinski definition) is 1. The Morgan fingerprint density at radius 1 is 1.27 bits per heavy atom. The number of hydrogen-bond acceptors (Lipinski definition) is 5. The molecule has 0 atom stereocenters. The molecule has 0 bridgehead atoms. The zero-order valence-corrected chi connectivity index (χ0v) is 11.0. The highest BCUT2D eigenvalue weighted by atomic mass is 19.4. The van der Waals surface area contributed by atoms with E-state index < -0.39 is 47.6 Å². The van der Waals surface area contributed by atoms with Crippen LogP contribution in [0.2, 0.25) is 0 Å². The molecule has 2 N–H and O–H groups in total. The molecule has 11 heteroatoms. The van der Waals surface area contributed by atoms with Gasteiger partial charge in [0, 0.05) is 18.3 Å². The molecule has 0 spiro atoms. The van der Waals surface area contributed by atoms with Crippen molar-refractivity contribution in [2.24, 2.45) is 5.73 Å². The fourth-order valence-electron chi connectivity index (χ4n) is 1.52. The average Bonchev–Trinajstić information content (AvgIpc) is 2.35. The fraction of sp³-hybridized carbons (Fsp3) is 0.455. The van der Waals surface area contributed by atoms with Crippen molar-refractivity contribution < 1.29 is 40.6 Å². The molecule has 22 heavy (non-hydrogen) atoms. The van der Waals surface area contributed by atoms with Crippen LogP contribution in [0, 0.1) is 0 Å². The zero-order chi connectivity index (χ0) is 17.1. The van der Waals surface area contributed by atoms with Gasteiger partial charge in [-0.25, -0.2) is 4.79 Å². The molecular weight excluding hydrogens is 322 g/mol. The number of rotatable bonds is 4. The molecule has 0 radical (unpaired) electrons. The quantitative estimate of drug-likeness (QED) is 0.678. The average molecular weight is 332 g/mol. The van der Waals surface area contributed by atoms with E-state index in [1.54, 1.807) is 0 Å². The summed E-state index contributed by atoms with van der Waals surface area (Å²) in [6.07, 6.45) is -10.0. The van der Waals surface area contributed by atoms with Gasteiger partial charge in [-0.3, -0.25) is 4.98 Å². The molecule has 0 saturated heterocycles. The van der Waals surface area contributed by atoms with Crippen LogP contribution in [0.25, 0.3) is 0 Å². The monoisotopic (exact) mass is 332 g/mol. The topological polar surface area (TPSA) is 74.4 Å². The van der Waals surface area contributed by atoms with Crippen molar-refractivity contribution in [3.8, 4) is 5.75 Å². The number of carbonyl (C=O) groups excluding carboxylic acids is 1. The smallest absolute Gasteiger partial charge is 0.462 e. The van der Waals surface area contributed by atoms with Gasteiger partial charge in [0.1, 0.15) is 5.56 Å². The summed E-state index contributed by atoms with van der Waals surface area (Å²) in [7, 11) is 0. The number of alkyl halides is 6. The lowest BCUT2D eigenvalue weighted by Gasteiger charge is -2.19. The van der Waals surface area contributed by atoms with Gasteiger partial charge in [0.05, 0.1) is 6.61 Å². The van der Waals surface area contributed by atoms with Crippen LogP contribution in [-0.4, -0.2) is 23.9 Å². The summed E-state index contributed by atoms with van der Waals surface area (Å²) in [5.74, 6) is -3.01. The first-order valence-electron chi connectivity index (χ1n) is 5.73. The van der Waals surface area contributed by atoms with E-state index in [4.69, 9.17) is 5.73 Å². The van der Waals surface area contributed by atoms with Crippen LogP contribution in [0.15, 0.2) is 6.20 Å². The Labute approximate surface area is 120 Å². The molecule has 0 aliphatic heterocycles. The van der Waals surface area contributed by atoms with Crippen LogP contribution in [0.1, 0.15) is 28.5 Å². The number of halogens is 6. The van der Waals surface area contributed by atoms with E-state index in [2.05, 4.69) is 14.5 Å². The molecule has 1 aromatic heterocycles. The Hall–Kier alpha value is -2.04. The van der Waals surface area contributed by atoms with Gasteiger partial charge in [0.2, 0.25) is 0 Å². The summed E-state index contributed by atoms with van der Waals surface area (Å²) >= 11 is 0. The number of esters is 1. The molecule has 1 rings (SSSR count). The van der Waals surface area contributed by atoms with Crippen LogP contribution in [0.5, 0.6) is 5.75 Å². The summed E-state index contributed by atoms with van der Waals surface area (Å²) < 4.78 is 83.7. The van der Waals surface area contributed by atoms with Gasteiger partial charge in [0.15, 0.2) is 11.4 Å². The number of ether oxygens (including phenoxy) is 2. The molecule has 0 fully saturated rings. The predicted molar refractivity (Wildman–Crippen MR) is 59.8 cm³/mol. The number of nitrogens with zero attached hydrogens (tertiary/aromatic N) is 1. The maximum Gasteiger partial charge on any atom is 0.573 e. The first-order chi connectivity index (χ1) is 10.0. The van der Waals surface area contributed by atoms with Gasteiger partial charge in [-0.15, -0.1) is 13.2 Å². The van der Waals surface area contributed by atoms with E-state index in [-0.39, 0.29) is 6.61 Å². The van der Waals surface area contributed by atoms with E-state index in [1.165, 1.54) is 6.92 Å². The molecule has 0 aliphatic rings. The van der Waals surface area contributed by atoms with E-state index in [0.29, 0.717) is 6.20 Å². The molecular formula is C11H10F6N2O3. The van der Waals surface area contributed by atoms with Crippen molar-refractivity contribution in [2.75, 3.05) is 6.61 Å². The molecule has 5 nitrogen and oxygen atoms in total. The molecule has 0 saturated carbocycles. The van der Waals surface area contributed by atoms with Crippen LogP contribution < -0.4 is 10.5 Å². The minimum Gasteiger partial charge on any atom is -0.462 e. The second-order valence-electron chi connectivity index (χ2n) is 3.81. The molecule has 1 aromatic rings. The first-order valence-corrected chi connectivity index (χ1v) is 5.73. The Bertz CT molecular complexity index is 556. The minimum absolute atomic E-state index is 0.353. The summed E-state index contributed by atoms with van der Waals surface area (Å²) in [5.41, 5.74) is 1.32. The van der Waals surface area contributed by atoms with E-state index >= 15 is 0 Å². The molecule has 124 valence electrons. The summed E-state index contributed by atoms with van der Waals surface area (Å²) in [5, 5.41) is 0. The van der Waals surface area contributed by atoms with Crippen molar-refractivity contribution in [1.29, 1.82) is 0 Å². The molecule has 0 aliphatic carbocycles. The predicted octanol–water partition coefficient (Wildman–Crippen LogP) is 2.63. The van der Waals surface area contributed by atoms with Gasteiger partial charge in [-0.05, 0) is 6.92 Å². The van der Waals surface area contributed by atoms with Gasteiger partial charge in [-0.1, -0.05) is 0 Å². The molecule has 0 unspecified atom stereocenters. The second-order valence-corrected chi connectivity index (χ2v) is 3.81. The Morgan fingerprint density at radius 2 is 1.86 bits per heavy atom. The lowest BCUT2D eigenvalue weighted by atomic mass is 10.1. The molecule has 0 aromatic carbocycles. The standard InChI is InChI=1S/C11H10F6N2O3/c1-2-21-9(20)6-7(22-11(15,16)17)5(3-18)4-19-8(6)10(12,13)14/h4H,2-3,18H2,1H3. The number of pyridine rings is 1. The van der Waals surface area contributed by atoms with Gasteiger partial charge in [-0.2, -0.15) is 13.2 Å². The third-order valence-electron chi connectivity index (χ3n) is 2.29. The van der Waals surface area contributed by atoms with E-state index in [1.807, 2.05) is 0 Å². The van der Waals surface area contributed by atoms with Crippen molar-refractivity contribution in [1.82, 2.24) is 4.98 Å². The van der Waals surface area contributed by atoms with Crippen molar-refractivity contribution >= 4 is 5.97 Å². The van der Waals surface area contributed by atoms with Crippen molar-refractivity contribution in [2.45, 2.75) is 26.0 Å². The van der Waals surface area contributed by atoms with Crippen LogP contribution in [0.4, 0.5) is 26.3 Å². The molecule has 0 amide bonds. The maximum absolute atomic E-state index is 12.9. The van der Waals surface area contributed by atoms with Gasteiger partial charge >= 0.3 is 18.5 Å².